The summed E-state index contributed by atoms with van der Waals surface area (Å²) < 4.78 is 7.16. The predicted molar refractivity (Wildman–Crippen MR) is 70.3 cm³/mol. The second-order valence-electron chi connectivity index (χ2n) is 4.27. The normalized spacial score (nSPS) is 10.9. The van der Waals surface area contributed by atoms with Gasteiger partial charge < -0.3 is 14.4 Å². The van der Waals surface area contributed by atoms with Crippen LogP contribution in [-0.2, 0) is 6.54 Å². The van der Waals surface area contributed by atoms with Gasteiger partial charge in [-0.3, -0.25) is 4.79 Å². The lowest BCUT2D eigenvalue weighted by Crippen LogP contribution is -2.05. The van der Waals surface area contributed by atoms with Crippen molar-refractivity contribution >= 4 is 16.7 Å². The van der Waals surface area contributed by atoms with Gasteiger partial charge in [-0.2, -0.15) is 0 Å². The van der Waals surface area contributed by atoms with Gasteiger partial charge in [0.15, 0.2) is 5.78 Å². The van der Waals surface area contributed by atoms with Gasteiger partial charge >= 0.3 is 0 Å². The zero-order valence-corrected chi connectivity index (χ0v) is 10.9. The van der Waals surface area contributed by atoms with Crippen LogP contribution in [0.1, 0.15) is 23.0 Å². The molecule has 0 aliphatic carbocycles. The summed E-state index contributed by atoms with van der Waals surface area (Å²) in [6.45, 7) is 4.00. The summed E-state index contributed by atoms with van der Waals surface area (Å²) in [4.78, 5) is 11.8. The molecule has 0 saturated carbocycles. The van der Waals surface area contributed by atoms with E-state index in [0.717, 1.165) is 22.3 Å². The summed E-state index contributed by atoms with van der Waals surface area (Å²) in [5.74, 6) is 0.758. The third-order valence-electron chi connectivity index (χ3n) is 3.21. The zero-order valence-electron chi connectivity index (χ0n) is 10.9. The number of aromatic nitrogens is 1. The van der Waals surface area contributed by atoms with Crippen LogP contribution in [0.4, 0.5) is 0 Å². The van der Waals surface area contributed by atoms with E-state index in [-0.39, 0.29) is 12.4 Å². The van der Waals surface area contributed by atoms with Crippen molar-refractivity contribution < 1.29 is 14.6 Å². The number of hydrogen-bond donors (Lipinski definition) is 1. The molecular formula is C14H17NO3. The Labute approximate surface area is 106 Å². The number of carbonyl (C=O) groups is 1. The molecular weight excluding hydrogens is 230 g/mol. The smallest absolute Gasteiger partial charge is 0.162 e. The van der Waals surface area contributed by atoms with E-state index in [1.807, 2.05) is 29.7 Å². The first kappa shape index (κ1) is 12.6. The first-order valence-corrected chi connectivity index (χ1v) is 5.88. The number of ketones is 1. The molecule has 0 saturated heterocycles. The average molecular weight is 247 g/mol. The van der Waals surface area contributed by atoms with E-state index in [1.54, 1.807) is 14.0 Å². The van der Waals surface area contributed by atoms with Crippen LogP contribution in [0.5, 0.6) is 5.75 Å². The summed E-state index contributed by atoms with van der Waals surface area (Å²) >= 11 is 0. The largest absolute Gasteiger partial charge is 0.497 e. The van der Waals surface area contributed by atoms with Crippen molar-refractivity contribution in [1.29, 1.82) is 0 Å². The van der Waals surface area contributed by atoms with Crippen LogP contribution in [0.25, 0.3) is 10.9 Å². The van der Waals surface area contributed by atoms with Crippen LogP contribution in [0.15, 0.2) is 18.2 Å². The monoisotopic (exact) mass is 247 g/mol. The van der Waals surface area contributed by atoms with Gasteiger partial charge in [-0.15, -0.1) is 0 Å². The molecule has 4 heteroatoms. The van der Waals surface area contributed by atoms with Crippen LogP contribution in [-0.4, -0.2) is 29.2 Å². The number of aliphatic hydroxyl groups excluding tert-OH is 1. The third-order valence-corrected chi connectivity index (χ3v) is 3.21. The fourth-order valence-corrected chi connectivity index (χ4v) is 2.42. The van der Waals surface area contributed by atoms with Gasteiger partial charge in [0, 0.05) is 28.7 Å². The Kier molecular flexibility index (Phi) is 3.39. The molecule has 96 valence electrons. The SMILES string of the molecule is COc1ccc2c(c1)c(C(C)=O)c(C)n2CCO. The van der Waals surface area contributed by atoms with Crippen LogP contribution in [0.3, 0.4) is 0 Å². The summed E-state index contributed by atoms with van der Waals surface area (Å²) in [7, 11) is 1.60. The first-order valence-electron chi connectivity index (χ1n) is 5.88. The van der Waals surface area contributed by atoms with Gasteiger partial charge in [-0.1, -0.05) is 0 Å². The van der Waals surface area contributed by atoms with Crippen molar-refractivity contribution in [2.24, 2.45) is 0 Å². The summed E-state index contributed by atoms with van der Waals surface area (Å²) in [5.41, 5.74) is 2.55. The molecule has 0 bridgehead atoms. The molecule has 0 aliphatic heterocycles. The Balaban J connectivity index is 2.79. The van der Waals surface area contributed by atoms with Crippen molar-refractivity contribution in [3.8, 4) is 5.75 Å². The maximum absolute atomic E-state index is 11.8. The Hall–Kier alpha value is -1.81. The topological polar surface area (TPSA) is 51.5 Å². The molecule has 0 unspecified atom stereocenters. The number of methoxy groups -OCH3 is 1. The number of benzene rings is 1. The molecule has 4 nitrogen and oxygen atoms in total. The number of fused-ring (bicyclic) bond motifs is 1. The van der Waals surface area contributed by atoms with Crippen LogP contribution >= 0.6 is 0 Å². The minimum atomic E-state index is 0.0300. The Morgan fingerprint density at radius 3 is 2.72 bits per heavy atom. The van der Waals surface area contributed by atoms with E-state index in [0.29, 0.717) is 12.1 Å². The minimum absolute atomic E-state index is 0.0300. The molecule has 0 fully saturated rings. The van der Waals surface area contributed by atoms with E-state index in [2.05, 4.69) is 0 Å². The number of hydrogen-bond acceptors (Lipinski definition) is 3. The van der Waals surface area contributed by atoms with Gasteiger partial charge in [-0.05, 0) is 32.0 Å². The molecule has 1 aromatic heterocycles. The number of nitrogens with zero attached hydrogens (tertiary/aromatic N) is 1. The average Bonchev–Trinajstić information content (AvgIpc) is 2.62. The molecule has 1 aromatic carbocycles. The molecule has 0 atom stereocenters. The van der Waals surface area contributed by atoms with Crippen molar-refractivity contribution in [2.75, 3.05) is 13.7 Å². The number of aliphatic hydroxyl groups is 1. The lowest BCUT2D eigenvalue weighted by atomic mass is 10.1. The highest BCUT2D eigenvalue weighted by Crippen LogP contribution is 2.29. The molecule has 18 heavy (non-hydrogen) atoms. The van der Waals surface area contributed by atoms with Gasteiger partial charge in [0.1, 0.15) is 5.75 Å². The van der Waals surface area contributed by atoms with E-state index in [9.17, 15) is 4.79 Å². The highest BCUT2D eigenvalue weighted by molar-refractivity contribution is 6.08. The highest BCUT2D eigenvalue weighted by atomic mass is 16.5. The van der Waals surface area contributed by atoms with E-state index in [1.165, 1.54) is 0 Å². The molecule has 1 N–H and O–H groups in total. The molecule has 0 spiro atoms. The van der Waals surface area contributed by atoms with Gasteiger partial charge in [0.25, 0.3) is 0 Å². The number of ether oxygens (including phenoxy) is 1. The van der Waals surface area contributed by atoms with Crippen molar-refractivity contribution in [2.45, 2.75) is 20.4 Å². The van der Waals surface area contributed by atoms with E-state index >= 15 is 0 Å². The summed E-state index contributed by atoms with van der Waals surface area (Å²) in [6, 6.07) is 5.65. The standard InChI is InChI=1S/C14H17NO3/c1-9-14(10(2)17)12-8-11(18-3)4-5-13(12)15(9)6-7-16/h4-5,8,16H,6-7H2,1-3H3. The van der Waals surface area contributed by atoms with Gasteiger partial charge in [0.2, 0.25) is 0 Å². The number of Topliss-reactive ketones (excluding diaryl/α,β-unsaturated/α-hetero) is 1. The predicted octanol–water partition coefficient (Wildman–Crippen LogP) is 2.15. The lowest BCUT2D eigenvalue weighted by molar-refractivity contribution is 0.101. The second-order valence-corrected chi connectivity index (χ2v) is 4.27. The van der Waals surface area contributed by atoms with Crippen LogP contribution in [0.2, 0.25) is 0 Å². The fourth-order valence-electron chi connectivity index (χ4n) is 2.42. The fraction of sp³-hybridized carbons (Fsp3) is 0.357. The number of rotatable bonds is 4. The molecule has 2 aromatic rings. The minimum Gasteiger partial charge on any atom is -0.497 e. The molecule has 0 aliphatic rings. The van der Waals surface area contributed by atoms with Gasteiger partial charge in [-0.25, -0.2) is 0 Å². The Bertz CT molecular complexity index is 599. The zero-order chi connectivity index (χ0) is 13.3. The maximum Gasteiger partial charge on any atom is 0.162 e. The second kappa shape index (κ2) is 4.82. The summed E-state index contributed by atoms with van der Waals surface area (Å²) in [6.07, 6.45) is 0. The molecule has 1 heterocycles. The quantitative estimate of drug-likeness (QED) is 0.842. The first-order chi connectivity index (χ1) is 8.60. The van der Waals surface area contributed by atoms with E-state index < -0.39 is 0 Å². The Morgan fingerprint density at radius 1 is 1.44 bits per heavy atom. The number of carbonyl (C=O) groups excluding carboxylic acids is 1. The maximum atomic E-state index is 11.8. The van der Waals surface area contributed by atoms with Crippen molar-refractivity contribution in [3.63, 3.8) is 0 Å². The van der Waals surface area contributed by atoms with E-state index in [4.69, 9.17) is 9.84 Å². The molecule has 0 radical (unpaired) electrons. The van der Waals surface area contributed by atoms with Crippen LogP contribution in [0, 0.1) is 6.92 Å². The lowest BCUT2D eigenvalue weighted by Gasteiger charge is -2.06. The van der Waals surface area contributed by atoms with Crippen molar-refractivity contribution in [3.05, 3.63) is 29.5 Å². The Morgan fingerprint density at radius 2 is 2.17 bits per heavy atom. The molecule has 2 rings (SSSR count). The third kappa shape index (κ3) is 1.88. The molecule has 0 amide bonds. The van der Waals surface area contributed by atoms with Gasteiger partial charge in [0.05, 0.1) is 13.7 Å². The highest BCUT2D eigenvalue weighted by Gasteiger charge is 2.17. The van der Waals surface area contributed by atoms with Crippen molar-refractivity contribution in [1.82, 2.24) is 4.57 Å². The van der Waals surface area contributed by atoms with Crippen LogP contribution < -0.4 is 4.74 Å². The summed E-state index contributed by atoms with van der Waals surface area (Å²) in [5, 5.41) is 10.0.